The van der Waals surface area contributed by atoms with Gasteiger partial charge in [-0.2, -0.15) is 0 Å². The van der Waals surface area contributed by atoms with Crippen LogP contribution in [0.5, 0.6) is 0 Å². The molecule has 2 aromatic carbocycles. The lowest BCUT2D eigenvalue weighted by atomic mass is 9.87. The number of esters is 2. The van der Waals surface area contributed by atoms with Crippen LogP contribution in [0.15, 0.2) is 60.7 Å². The Labute approximate surface area is 204 Å². The Morgan fingerprint density at radius 2 is 1.17 bits per heavy atom. The third-order valence-electron chi connectivity index (χ3n) is 6.87. The van der Waals surface area contributed by atoms with E-state index >= 15 is 0 Å². The van der Waals surface area contributed by atoms with Crippen molar-refractivity contribution in [1.82, 2.24) is 0 Å². The van der Waals surface area contributed by atoms with Gasteiger partial charge >= 0.3 is 11.9 Å². The topological polar surface area (TPSA) is 69.7 Å². The molecule has 0 heterocycles. The van der Waals surface area contributed by atoms with Crippen LogP contribution in [0.3, 0.4) is 0 Å². The third-order valence-corrected chi connectivity index (χ3v) is 6.87. The molecule has 7 heteroatoms. The van der Waals surface area contributed by atoms with E-state index in [9.17, 15) is 23.2 Å². The lowest BCUT2D eigenvalue weighted by Gasteiger charge is -2.25. The molecule has 0 bridgehead atoms. The fraction of sp³-hybridized carbons (Fsp3) is 0.464. The van der Waals surface area contributed by atoms with Gasteiger partial charge in [0.05, 0.1) is 0 Å². The van der Waals surface area contributed by atoms with Gasteiger partial charge in [0.1, 0.15) is 30.3 Å². The first kappa shape index (κ1) is 26.5. The molecule has 0 aliphatic heterocycles. The van der Waals surface area contributed by atoms with Crippen LogP contribution >= 0.6 is 0 Å². The van der Waals surface area contributed by atoms with Crippen LogP contribution in [0, 0.1) is 10.8 Å². The second-order valence-electron chi connectivity index (χ2n) is 9.27. The third kappa shape index (κ3) is 6.74. The highest BCUT2D eigenvalue weighted by Crippen LogP contribution is 2.44. The molecule has 0 aromatic heterocycles. The quantitative estimate of drug-likeness (QED) is 0.258. The van der Waals surface area contributed by atoms with Crippen LogP contribution < -0.4 is 0 Å². The molecule has 0 saturated heterocycles. The predicted molar refractivity (Wildman–Crippen MR) is 126 cm³/mol. The number of rotatable bonds is 8. The number of ether oxygens (including phenoxy) is 2. The average molecular weight is 487 g/mol. The minimum atomic E-state index is -2.64. The second-order valence-corrected chi connectivity index (χ2v) is 9.27. The first-order valence-electron chi connectivity index (χ1n) is 12.1. The Morgan fingerprint density at radius 1 is 0.743 bits per heavy atom. The van der Waals surface area contributed by atoms with E-state index in [1.54, 1.807) is 12.1 Å². The first-order chi connectivity index (χ1) is 16.9. The van der Waals surface area contributed by atoms with Crippen LogP contribution in [0.25, 0.3) is 0 Å². The van der Waals surface area contributed by atoms with Crippen LogP contribution in [-0.2, 0) is 37.1 Å². The van der Waals surface area contributed by atoms with E-state index in [0.717, 1.165) is 30.3 Å². The maximum atomic E-state index is 13.1. The molecule has 188 valence electrons. The molecular formula is C28H32F2O5. The first-order valence-corrected chi connectivity index (χ1v) is 12.1. The van der Waals surface area contributed by atoms with Crippen molar-refractivity contribution >= 4 is 18.2 Å². The number of benzene rings is 2. The summed E-state index contributed by atoms with van der Waals surface area (Å²) in [6.45, 7) is 0.309. The summed E-state index contributed by atoms with van der Waals surface area (Å²) in [6.07, 6.45) is 3.06. The smallest absolute Gasteiger partial charge is 0.319 e. The summed E-state index contributed by atoms with van der Waals surface area (Å²) in [4.78, 5) is 34.9. The predicted octanol–water partition coefficient (Wildman–Crippen LogP) is 6.04. The zero-order valence-electron chi connectivity index (χ0n) is 19.8. The van der Waals surface area contributed by atoms with Crippen molar-refractivity contribution in [3.8, 4) is 0 Å². The normalized spacial score (nSPS) is 17.8. The van der Waals surface area contributed by atoms with Crippen molar-refractivity contribution in [1.29, 1.82) is 0 Å². The van der Waals surface area contributed by atoms with Gasteiger partial charge in [-0.3, -0.25) is 9.59 Å². The zero-order valence-corrected chi connectivity index (χ0v) is 19.8. The molecule has 0 unspecified atom stereocenters. The van der Waals surface area contributed by atoms with Crippen LogP contribution in [0.1, 0.15) is 62.5 Å². The van der Waals surface area contributed by atoms with Gasteiger partial charge in [0.2, 0.25) is 0 Å². The molecule has 2 aliphatic carbocycles. The molecule has 2 aliphatic rings. The molecule has 0 radical (unpaired) electrons. The van der Waals surface area contributed by atoms with Crippen LogP contribution in [0.4, 0.5) is 8.78 Å². The lowest BCUT2D eigenvalue weighted by Crippen LogP contribution is -2.37. The monoisotopic (exact) mass is 486 g/mol. The summed E-state index contributed by atoms with van der Waals surface area (Å²) in [5.74, 6) is -1.12. The second kappa shape index (κ2) is 12.6. The minimum Gasteiger partial charge on any atom is -0.460 e. The summed E-state index contributed by atoms with van der Waals surface area (Å²) in [6, 6.07) is 18.6. The largest absolute Gasteiger partial charge is 0.460 e. The number of carbonyl (C=O) groups excluding carboxylic acids is 3. The van der Waals surface area contributed by atoms with E-state index in [0.29, 0.717) is 25.7 Å². The molecule has 2 fully saturated rings. The minimum absolute atomic E-state index is 0.0636. The lowest BCUT2D eigenvalue weighted by molar-refractivity contribution is -0.167. The number of hydrogen-bond acceptors (Lipinski definition) is 5. The van der Waals surface area contributed by atoms with Gasteiger partial charge < -0.3 is 14.3 Å². The average Bonchev–Trinajstić information content (AvgIpc) is 3.59. The van der Waals surface area contributed by atoms with Crippen molar-refractivity contribution in [2.75, 3.05) is 0 Å². The van der Waals surface area contributed by atoms with Crippen molar-refractivity contribution in [2.45, 2.75) is 71.0 Å². The maximum Gasteiger partial charge on any atom is 0.319 e. The van der Waals surface area contributed by atoms with Gasteiger partial charge in [-0.05, 0) is 36.8 Å². The van der Waals surface area contributed by atoms with E-state index in [2.05, 4.69) is 0 Å². The van der Waals surface area contributed by atoms with E-state index in [4.69, 9.17) is 9.47 Å². The molecule has 2 saturated carbocycles. The fourth-order valence-corrected chi connectivity index (χ4v) is 4.63. The Hall–Kier alpha value is -3.09. The van der Waals surface area contributed by atoms with Crippen molar-refractivity contribution in [3.63, 3.8) is 0 Å². The van der Waals surface area contributed by atoms with Crippen LogP contribution in [-0.4, -0.2) is 24.7 Å². The molecule has 0 spiro atoms. The SMILES string of the molecule is O=C(OCc1ccccc1)C1(C(F)F)CCCC1.O=CC1(C(=O)OCc2ccccc2)CCCC1. The Kier molecular flexibility index (Phi) is 9.52. The Morgan fingerprint density at radius 3 is 1.60 bits per heavy atom. The van der Waals surface area contributed by atoms with Gasteiger partial charge in [-0.1, -0.05) is 86.3 Å². The van der Waals surface area contributed by atoms with Crippen molar-refractivity contribution in [2.24, 2.45) is 10.8 Å². The number of alkyl halides is 2. The zero-order chi connectivity index (χ0) is 25.2. The highest BCUT2D eigenvalue weighted by Gasteiger charge is 2.50. The van der Waals surface area contributed by atoms with Gasteiger partial charge in [0, 0.05) is 0 Å². The molecular weight excluding hydrogens is 454 g/mol. The van der Waals surface area contributed by atoms with Gasteiger partial charge in [-0.15, -0.1) is 0 Å². The molecule has 5 nitrogen and oxygen atoms in total. The van der Waals surface area contributed by atoms with E-state index in [1.165, 1.54) is 0 Å². The molecule has 0 N–H and O–H groups in total. The molecule has 2 aromatic rings. The summed E-state index contributed by atoms with van der Waals surface area (Å²) in [5.41, 5.74) is -0.669. The standard InChI is InChI=1S/C14H16F2O2.C14H16O3/c15-12(16)14(8-4-5-9-14)13(17)18-10-11-6-2-1-3-7-11;15-11-14(8-4-5-9-14)13(16)17-10-12-6-2-1-3-7-12/h1-3,6-7,12H,4-5,8-10H2;1-3,6-7,11H,4-5,8-10H2. The van der Waals surface area contributed by atoms with Gasteiger partial charge in [0.15, 0.2) is 0 Å². The molecule has 35 heavy (non-hydrogen) atoms. The molecule has 0 amide bonds. The van der Waals surface area contributed by atoms with E-state index in [1.807, 2.05) is 48.5 Å². The molecule has 4 rings (SSSR count). The number of carbonyl (C=O) groups is 3. The fourth-order valence-electron chi connectivity index (χ4n) is 4.63. The number of halogens is 2. The Bertz CT molecular complexity index is 950. The summed E-state index contributed by atoms with van der Waals surface area (Å²) < 4.78 is 36.4. The summed E-state index contributed by atoms with van der Waals surface area (Å²) in [5, 5.41) is 0. The van der Waals surface area contributed by atoms with Crippen LogP contribution in [0.2, 0.25) is 0 Å². The van der Waals surface area contributed by atoms with E-state index < -0.39 is 23.2 Å². The number of hydrogen-bond donors (Lipinski definition) is 0. The van der Waals surface area contributed by atoms with Gasteiger partial charge in [-0.25, -0.2) is 8.78 Å². The molecule has 0 atom stereocenters. The highest BCUT2D eigenvalue weighted by atomic mass is 19.3. The number of aldehydes is 1. The highest BCUT2D eigenvalue weighted by molar-refractivity contribution is 5.93. The Balaban J connectivity index is 0.000000196. The summed E-state index contributed by atoms with van der Waals surface area (Å²) in [7, 11) is 0. The van der Waals surface area contributed by atoms with Crippen molar-refractivity contribution in [3.05, 3.63) is 71.8 Å². The van der Waals surface area contributed by atoms with Crippen molar-refractivity contribution < 1.29 is 32.6 Å². The summed E-state index contributed by atoms with van der Waals surface area (Å²) >= 11 is 0. The van der Waals surface area contributed by atoms with E-state index in [-0.39, 0.29) is 32.0 Å². The maximum absolute atomic E-state index is 13.1. The van der Waals surface area contributed by atoms with Gasteiger partial charge in [0.25, 0.3) is 6.43 Å².